The van der Waals surface area contributed by atoms with Gasteiger partial charge in [-0.1, -0.05) is 15.9 Å². The fourth-order valence-corrected chi connectivity index (χ4v) is 2.06. The van der Waals surface area contributed by atoms with Crippen LogP contribution < -0.4 is 10.5 Å². The molecule has 3 heteroatoms. The maximum absolute atomic E-state index is 6.11. The summed E-state index contributed by atoms with van der Waals surface area (Å²) in [5.41, 5.74) is 7.16. The number of rotatable bonds is 2. The normalized spacial score (nSPS) is 18.4. The zero-order chi connectivity index (χ0) is 9.47. The Morgan fingerprint density at radius 2 is 2.15 bits per heavy atom. The van der Waals surface area contributed by atoms with Crippen molar-refractivity contribution < 1.29 is 4.74 Å². The number of methoxy groups -OCH3 is 1. The molecule has 1 aliphatic rings. The van der Waals surface area contributed by atoms with Crippen molar-refractivity contribution in [2.45, 2.75) is 18.4 Å². The van der Waals surface area contributed by atoms with Crippen LogP contribution in [-0.4, -0.2) is 7.11 Å². The highest BCUT2D eigenvalue weighted by molar-refractivity contribution is 9.10. The van der Waals surface area contributed by atoms with E-state index in [-0.39, 0.29) is 5.54 Å². The minimum absolute atomic E-state index is 0.104. The van der Waals surface area contributed by atoms with Crippen molar-refractivity contribution >= 4 is 15.9 Å². The first kappa shape index (κ1) is 9.03. The highest BCUT2D eigenvalue weighted by Crippen LogP contribution is 2.46. The Kier molecular flexibility index (Phi) is 2.08. The van der Waals surface area contributed by atoms with Crippen molar-refractivity contribution in [3.05, 3.63) is 28.2 Å². The van der Waals surface area contributed by atoms with Gasteiger partial charge in [0, 0.05) is 10.0 Å². The lowest BCUT2D eigenvalue weighted by atomic mass is 10.1. The molecule has 2 nitrogen and oxygen atoms in total. The quantitative estimate of drug-likeness (QED) is 0.864. The summed E-state index contributed by atoms with van der Waals surface area (Å²) in [6.07, 6.45) is 2.14. The Hall–Kier alpha value is -0.540. The van der Waals surface area contributed by atoms with Gasteiger partial charge >= 0.3 is 0 Å². The molecular weight excluding hydrogens is 230 g/mol. The molecule has 0 amide bonds. The van der Waals surface area contributed by atoms with E-state index in [1.54, 1.807) is 7.11 Å². The average Bonchev–Trinajstić information content (AvgIpc) is 2.86. The van der Waals surface area contributed by atoms with Gasteiger partial charge in [0.05, 0.1) is 7.11 Å². The standard InChI is InChI=1S/C10H12BrNO/c1-13-7-2-3-9(11)8(6-7)10(12)4-5-10/h2-3,6H,4-5,12H2,1H3. The molecule has 0 heterocycles. The minimum Gasteiger partial charge on any atom is -0.497 e. The molecule has 13 heavy (non-hydrogen) atoms. The second-order valence-corrected chi connectivity index (χ2v) is 4.36. The van der Waals surface area contributed by atoms with Gasteiger partial charge in [-0.25, -0.2) is 0 Å². The summed E-state index contributed by atoms with van der Waals surface area (Å²) in [5.74, 6) is 0.870. The highest BCUT2D eigenvalue weighted by Gasteiger charge is 2.41. The maximum atomic E-state index is 6.11. The SMILES string of the molecule is COc1ccc(Br)c(C2(N)CC2)c1. The molecule has 1 aromatic carbocycles. The monoisotopic (exact) mass is 241 g/mol. The smallest absolute Gasteiger partial charge is 0.119 e. The van der Waals surface area contributed by atoms with Gasteiger partial charge in [-0.05, 0) is 36.6 Å². The Labute approximate surface area is 86.2 Å². The van der Waals surface area contributed by atoms with Crippen LogP contribution in [0.1, 0.15) is 18.4 Å². The van der Waals surface area contributed by atoms with E-state index in [1.165, 1.54) is 0 Å². The summed E-state index contributed by atoms with van der Waals surface area (Å²) < 4.78 is 6.23. The number of ether oxygens (including phenoxy) is 1. The number of nitrogens with two attached hydrogens (primary N) is 1. The van der Waals surface area contributed by atoms with Crippen LogP contribution in [-0.2, 0) is 5.54 Å². The first-order valence-electron chi connectivity index (χ1n) is 4.29. The predicted octanol–water partition coefficient (Wildman–Crippen LogP) is 2.41. The Balaban J connectivity index is 2.43. The lowest BCUT2D eigenvalue weighted by Crippen LogP contribution is -2.19. The third-order valence-corrected chi connectivity index (χ3v) is 3.19. The topological polar surface area (TPSA) is 35.2 Å². The first-order chi connectivity index (χ1) is 6.15. The molecule has 1 fully saturated rings. The van der Waals surface area contributed by atoms with E-state index in [1.807, 2.05) is 18.2 Å². The summed E-state index contributed by atoms with van der Waals surface area (Å²) in [6, 6.07) is 5.93. The van der Waals surface area contributed by atoms with Gasteiger partial charge in [-0.15, -0.1) is 0 Å². The predicted molar refractivity (Wildman–Crippen MR) is 55.8 cm³/mol. The third kappa shape index (κ3) is 1.58. The molecule has 0 aliphatic heterocycles. The lowest BCUT2D eigenvalue weighted by molar-refractivity contribution is 0.413. The van der Waals surface area contributed by atoms with E-state index in [0.717, 1.165) is 28.6 Å². The van der Waals surface area contributed by atoms with Crippen molar-refractivity contribution in [2.24, 2.45) is 5.73 Å². The molecule has 0 atom stereocenters. The van der Waals surface area contributed by atoms with Gasteiger partial charge in [-0.2, -0.15) is 0 Å². The largest absolute Gasteiger partial charge is 0.497 e. The summed E-state index contributed by atoms with van der Waals surface area (Å²) in [6.45, 7) is 0. The van der Waals surface area contributed by atoms with Crippen LogP contribution in [0.4, 0.5) is 0 Å². The van der Waals surface area contributed by atoms with Gasteiger partial charge in [-0.3, -0.25) is 0 Å². The molecule has 70 valence electrons. The van der Waals surface area contributed by atoms with Gasteiger partial charge in [0.2, 0.25) is 0 Å². The molecule has 0 radical (unpaired) electrons. The number of hydrogen-bond acceptors (Lipinski definition) is 2. The molecule has 1 saturated carbocycles. The summed E-state index contributed by atoms with van der Waals surface area (Å²) in [7, 11) is 1.67. The number of hydrogen-bond donors (Lipinski definition) is 1. The molecule has 0 aromatic heterocycles. The molecule has 0 spiro atoms. The Morgan fingerprint density at radius 1 is 1.46 bits per heavy atom. The second kappa shape index (κ2) is 3.00. The Morgan fingerprint density at radius 3 is 2.69 bits per heavy atom. The summed E-state index contributed by atoms with van der Waals surface area (Å²) in [5, 5.41) is 0. The van der Waals surface area contributed by atoms with Crippen LogP contribution in [0.15, 0.2) is 22.7 Å². The zero-order valence-electron chi connectivity index (χ0n) is 7.51. The van der Waals surface area contributed by atoms with Crippen molar-refractivity contribution in [3.8, 4) is 5.75 Å². The molecular formula is C10H12BrNO. The molecule has 2 N–H and O–H groups in total. The molecule has 0 bridgehead atoms. The zero-order valence-corrected chi connectivity index (χ0v) is 9.10. The van der Waals surface area contributed by atoms with Gasteiger partial charge in [0.25, 0.3) is 0 Å². The molecule has 0 saturated heterocycles. The van der Waals surface area contributed by atoms with E-state index >= 15 is 0 Å². The molecule has 1 aromatic rings. The Bertz CT molecular complexity index is 334. The molecule has 0 unspecified atom stereocenters. The van der Waals surface area contributed by atoms with E-state index in [0.29, 0.717) is 0 Å². The summed E-state index contributed by atoms with van der Waals surface area (Å²) >= 11 is 3.50. The van der Waals surface area contributed by atoms with E-state index in [2.05, 4.69) is 15.9 Å². The maximum Gasteiger partial charge on any atom is 0.119 e. The minimum atomic E-state index is -0.104. The van der Waals surface area contributed by atoms with Crippen LogP contribution in [0.25, 0.3) is 0 Å². The van der Waals surface area contributed by atoms with Crippen LogP contribution in [0.2, 0.25) is 0 Å². The van der Waals surface area contributed by atoms with Gasteiger partial charge in [0.15, 0.2) is 0 Å². The third-order valence-electron chi connectivity index (χ3n) is 2.50. The van der Waals surface area contributed by atoms with Gasteiger partial charge in [0.1, 0.15) is 5.75 Å². The number of benzene rings is 1. The fourth-order valence-electron chi connectivity index (χ4n) is 1.42. The van der Waals surface area contributed by atoms with Crippen LogP contribution in [0.5, 0.6) is 5.75 Å². The van der Waals surface area contributed by atoms with Crippen molar-refractivity contribution in [1.29, 1.82) is 0 Å². The second-order valence-electron chi connectivity index (χ2n) is 3.50. The van der Waals surface area contributed by atoms with E-state index < -0.39 is 0 Å². The van der Waals surface area contributed by atoms with Crippen LogP contribution in [0.3, 0.4) is 0 Å². The van der Waals surface area contributed by atoms with E-state index in [9.17, 15) is 0 Å². The average molecular weight is 242 g/mol. The molecule has 2 rings (SSSR count). The van der Waals surface area contributed by atoms with Gasteiger partial charge < -0.3 is 10.5 Å². The van der Waals surface area contributed by atoms with Crippen LogP contribution >= 0.6 is 15.9 Å². The lowest BCUT2D eigenvalue weighted by Gasteiger charge is -2.12. The van der Waals surface area contributed by atoms with Crippen LogP contribution in [0, 0.1) is 0 Å². The van der Waals surface area contributed by atoms with Crippen molar-refractivity contribution in [1.82, 2.24) is 0 Å². The summed E-state index contributed by atoms with van der Waals surface area (Å²) in [4.78, 5) is 0. The number of halogens is 1. The van der Waals surface area contributed by atoms with Crippen molar-refractivity contribution in [3.63, 3.8) is 0 Å². The fraction of sp³-hybridized carbons (Fsp3) is 0.400. The van der Waals surface area contributed by atoms with E-state index in [4.69, 9.17) is 10.5 Å². The highest BCUT2D eigenvalue weighted by atomic mass is 79.9. The van der Waals surface area contributed by atoms with Crippen molar-refractivity contribution in [2.75, 3.05) is 7.11 Å². The molecule has 1 aliphatic carbocycles. The first-order valence-corrected chi connectivity index (χ1v) is 5.08.